The van der Waals surface area contributed by atoms with Crippen molar-refractivity contribution < 1.29 is 20.1 Å². The molecule has 0 aromatic rings. The van der Waals surface area contributed by atoms with E-state index in [1.165, 1.54) is 218 Å². The Morgan fingerprint density at radius 1 is 0.385 bits per heavy atom. The van der Waals surface area contributed by atoms with Gasteiger partial charge in [0.15, 0.2) is 0 Å². The van der Waals surface area contributed by atoms with E-state index in [9.17, 15) is 20.1 Å². The zero-order valence-electron chi connectivity index (χ0n) is 43.4. The average Bonchev–Trinajstić information content (AvgIpc) is 3.31. The monoisotopic (exact) mass is 910 g/mol. The lowest BCUT2D eigenvalue weighted by atomic mass is 10.0. The fraction of sp³-hybridized carbons (Fsp3) is 0.817. The van der Waals surface area contributed by atoms with Gasteiger partial charge in [0.05, 0.1) is 18.8 Å². The number of unbranched alkanes of at least 4 members (excludes halogenated alkanes) is 36. The molecule has 0 fully saturated rings. The number of aliphatic hydroxyl groups is 3. The highest BCUT2D eigenvalue weighted by molar-refractivity contribution is 5.80. The van der Waals surface area contributed by atoms with Gasteiger partial charge in [-0.1, -0.05) is 274 Å². The maximum atomic E-state index is 12.5. The Morgan fingerprint density at radius 2 is 0.677 bits per heavy atom. The minimum Gasteiger partial charge on any atom is -0.394 e. The first-order valence-electron chi connectivity index (χ1n) is 28.6. The molecule has 4 N–H and O–H groups in total. The van der Waals surface area contributed by atoms with Crippen molar-refractivity contribution in [2.45, 2.75) is 308 Å². The van der Waals surface area contributed by atoms with Gasteiger partial charge in [-0.15, -0.1) is 0 Å². The van der Waals surface area contributed by atoms with Crippen LogP contribution < -0.4 is 5.32 Å². The molecule has 3 atom stereocenters. The molecule has 0 heterocycles. The van der Waals surface area contributed by atoms with Crippen LogP contribution in [0.5, 0.6) is 0 Å². The van der Waals surface area contributed by atoms with Crippen molar-refractivity contribution in [1.82, 2.24) is 5.32 Å². The third-order valence-electron chi connectivity index (χ3n) is 13.1. The Kier molecular flexibility index (Phi) is 53.0. The van der Waals surface area contributed by atoms with Gasteiger partial charge in [-0.05, 0) is 77.0 Å². The van der Waals surface area contributed by atoms with Gasteiger partial charge < -0.3 is 20.6 Å². The molecule has 3 unspecified atom stereocenters. The van der Waals surface area contributed by atoms with Gasteiger partial charge in [0.25, 0.3) is 0 Å². The number of nitrogens with one attached hydrogen (secondary N) is 1. The van der Waals surface area contributed by atoms with Crippen LogP contribution in [0, 0.1) is 0 Å². The predicted octanol–water partition coefficient (Wildman–Crippen LogP) is 17.8. The van der Waals surface area contributed by atoms with Gasteiger partial charge in [0, 0.05) is 0 Å². The molecule has 5 heteroatoms. The highest BCUT2D eigenvalue weighted by atomic mass is 16.3. The normalized spacial score (nSPS) is 13.7. The van der Waals surface area contributed by atoms with Crippen molar-refractivity contribution >= 4 is 5.91 Å². The summed E-state index contributed by atoms with van der Waals surface area (Å²) in [6.45, 7) is 4.18. The molecule has 0 aliphatic heterocycles. The largest absolute Gasteiger partial charge is 0.394 e. The van der Waals surface area contributed by atoms with Crippen molar-refractivity contribution in [2.24, 2.45) is 0 Å². The van der Waals surface area contributed by atoms with Gasteiger partial charge in [-0.3, -0.25) is 4.79 Å². The van der Waals surface area contributed by atoms with Gasteiger partial charge >= 0.3 is 0 Å². The highest BCUT2D eigenvalue weighted by Crippen LogP contribution is 2.16. The third-order valence-corrected chi connectivity index (χ3v) is 13.1. The van der Waals surface area contributed by atoms with Crippen molar-refractivity contribution in [1.29, 1.82) is 0 Å². The molecule has 0 radical (unpaired) electrons. The number of allylic oxidation sites excluding steroid dienone is 9. The van der Waals surface area contributed by atoms with Crippen LogP contribution in [-0.4, -0.2) is 46.1 Å². The number of rotatable bonds is 52. The zero-order chi connectivity index (χ0) is 47.2. The number of hydrogen-bond acceptors (Lipinski definition) is 4. The summed E-state index contributed by atoms with van der Waals surface area (Å²) in [5, 5.41) is 33.3. The van der Waals surface area contributed by atoms with Crippen molar-refractivity contribution in [3.8, 4) is 0 Å². The van der Waals surface area contributed by atoms with Gasteiger partial charge in [0.1, 0.15) is 6.10 Å². The van der Waals surface area contributed by atoms with Crippen LogP contribution in [0.15, 0.2) is 60.8 Å². The minimum atomic E-state index is -1.11. The Morgan fingerprint density at radius 3 is 1.03 bits per heavy atom. The van der Waals surface area contributed by atoms with Crippen LogP contribution in [0.1, 0.15) is 290 Å². The maximum absolute atomic E-state index is 12.5. The molecule has 0 aliphatic rings. The molecule has 0 bridgehead atoms. The molecule has 1 amide bonds. The van der Waals surface area contributed by atoms with Gasteiger partial charge in [0.2, 0.25) is 5.91 Å². The lowest BCUT2D eigenvalue weighted by molar-refractivity contribution is -0.131. The summed E-state index contributed by atoms with van der Waals surface area (Å²) in [7, 11) is 0. The molecule has 0 rings (SSSR count). The molecule has 380 valence electrons. The van der Waals surface area contributed by atoms with Crippen LogP contribution in [0.4, 0.5) is 0 Å². The van der Waals surface area contributed by atoms with Crippen molar-refractivity contribution in [3.63, 3.8) is 0 Å². The van der Waals surface area contributed by atoms with E-state index < -0.39 is 24.2 Å². The summed E-state index contributed by atoms with van der Waals surface area (Å²) >= 11 is 0. The average molecular weight is 911 g/mol. The summed E-state index contributed by atoms with van der Waals surface area (Å²) in [6.07, 6.45) is 74.5. The summed E-state index contributed by atoms with van der Waals surface area (Å²) < 4.78 is 0. The second kappa shape index (κ2) is 54.7. The SMILES string of the molecule is CCCCCCCCC/C=C/CC/C=C/CC/C=C/C(O)C(CO)NC(=O)C(O)CCCCCCCCCCCCCCCCCC/C=C\C/C=C\CCCCCCCCCCCCC. The van der Waals surface area contributed by atoms with E-state index in [1.807, 2.05) is 6.08 Å². The molecule has 0 aliphatic carbocycles. The van der Waals surface area contributed by atoms with Gasteiger partial charge in [-0.25, -0.2) is 0 Å². The van der Waals surface area contributed by atoms with Gasteiger partial charge in [-0.2, -0.15) is 0 Å². The quantitative estimate of drug-likeness (QED) is 0.0362. The fourth-order valence-corrected chi connectivity index (χ4v) is 8.60. The zero-order valence-corrected chi connectivity index (χ0v) is 43.4. The van der Waals surface area contributed by atoms with Crippen LogP contribution in [0.25, 0.3) is 0 Å². The molecule has 0 spiro atoms. The Bertz CT molecular complexity index is 1090. The van der Waals surface area contributed by atoms with Crippen molar-refractivity contribution in [3.05, 3.63) is 60.8 Å². The number of carbonyl (C=O) groups is 1. The van der Waals surface area contributed by atoms with E-state index >= 15 is 0 Å². The molecular formula is C60H111NO4. The molecule has 0 saturated heterocycles. The van der Waals surface area contributed by atoms with Crippen LogP contribution in [-0.2, 0) is 4.79 Å². The van der Waals surface area contributed by atoms with E-state index in [2.05, 4.69) is 67.8 Å². The number of aliphatic hydroxyl groups excluding tert-OH is 3. The first kappa shape index (κ1) is 63.0. The maximum Gasteiger partial charge on any atom is 0.249 e. The van der Waals surface area contributed by atoms with E-state index in [4.69, 9.17) is 0 Å². The lowest BCUT2D eigenvalue weighted by Gasteiger charge is -2.21. The summed E-state index contributed by atoms with van der Waals surface area (Å²) in [5.41, 5.74) is 0. The molecule has 0 aromatic heterocycles. The van der Waals surface area contributed by atoms with E-state index in [0.717, 1.165) is 51.4 Å². The molecule has 0 saturated carbocycles. The Hall–Kier alpha value is -1.95. The molecular weight excluding hydrogens is 799 g/mol. The molecule has 0 aromatic carbocycles. The first-order chi connectivity index (χ1) is 32.1. The van der Waals surface area contributed by atoms with E-state index in [1.54, 1.807) is 6.08 Å². The van der Waals surface area contributed by atoms with Crippen molar-refractivity contribution in [2.75, 3.05) is 6.61 Å². The predicted molar refractivity (Wildman–Crippen MR) is 287 cm³/mol. The Labute approximate surface area is 405 Å². The van der Waals surface area contributed by atoms with Crippen LogP contribution >= 0.6 is 0 Å². The number of amides is 1. The highest BCUT2D eigenvalue weighted by Gasteiger charge is 2.22. The second-order valence-corrected chi connectivity index (χ2v) is 19.5. The molecule has 65 heavy (non-hydrogen) atoms. The third kappa shape index (κ3) is 49.8. The number of carbonyl (C=O) groups excluding carboxylic acids is 1. The van der Waals surface area contributed by atoms with E-state index in [0.29, 0.717) is 6.42 Å². The minimum absolute atomic E-state index is 0.382. The topological polar surface area (TPSA) is 89.8 Å². The number of hydrogen-bond donors (Lipinski definition) is 4. The summed E-state index contributed by atoms with van der Waals surface area (Å²) in [5.74, 6) is -0.516. The summed E-state index contributed by atoms with van der Waals surface area (Å²) in [4.78, 5) is 12.5. The second-order valence-electron chi connectivity index (χ2n) is 19.5. The summed E-state index contributed by atoms with van der Waals surface area (Å²) in [6, 6.07) is -0.823. The van der Waals surface area contributed by atoms with E-state index in [-0.39, 0.29) is 6.61 Å². The Balaban J connectivity index is 3.57. The van der Waals surface area contributed by atoms with Crippen LogP contribution in [0.3, 0.4) is 0 Å². The standard InChI is InChI=1S/C60H111NO4/c1-3-5-7-9-11-13-15-17-19-21-22-23-24-25-26-27-28-29-30-31-32-33-34-35-36-37-39-41-43-45-47-49-51-53-55-59(64)60(65)61-57(56-62)58(63)54-52-50-48-46-44-42-40-38-20-18-16-14-12-10-8-6-4-2/h20,24-25,27-28,38,44,46,52,54,57-59,62-64H,3-19,21-23,26,29-37,39-43,45,47-51,53,55-56H2,1-2H3,(H,61,65)/b25-24-,28-27-,38-20+,46-44+,54-52+. The van der Waals surface area contributed by atoms with Crippen LogP contribution in [0.2, 0.25) is 0 Å². The smallest absolute Gasteiger partial charge is 0.249 e. The first-order valence-corrected chi connectivity index (χ1v) is 28.6. The lowest BCUT2D eigenvalue weighted by Crippen LogP contribution is -2.48. The fourth-order valence-electron chi connectivity index (χ4n) is 8.60. The molecule has 5 nitrogen and oxygen atoms in total.